The molecule has 88 valence electrons. The monoisotopic (exact) mass is 215 g/mol. The van der Waals surface area contributed by atoms with E-state index in [2.05, 4.69) is 0 Å². The molecule has 0 saturated heterocycles. The first-order chi connectivity index (χ1) is 6.76. The summed E-state index contributed by atoms with van der Waals surface area (Å²) in [5.74, 6) is -0.867. The average molecular weight is 215 g/mol. The van der Waals surface area contributed by atoms with Crippen LogP contribution in [0.15, 0.2) is 11.6 Å². The van der Waals surface area contributed by atoms with Crippen molar-refractivity contribution in [2.24, 2.45) is 0 Å². The summed E-state index contributed by atoms with van der Waals surface area (Å²) >= 11 is 0. The molecule has 2 N–H and O–H groups in total. The number of aliphatic hydroxyl groups is 1. The highest BCUT2D eigenvalue weighted by molar-refractivity contribution is 5.86. The molecule has 0 rings (SSSR count). The van der Waals surface area contributed by atoms with Crippen LogP contribution in [0.25, 0.3) is 0 Å². The largest absolute Gasteiger partial charge is 0.478 e. The van der Waals surface area contributed by atoms with E-state index in [1.807, 2.05) is 18.9 Å². The molecule has 0 aromatic carbocycles. The lowest BCUT2D eigenvalue weighted by molar-refractivity contribution is -0.132. The first-order valence-electron chi connectivity index (χ1n) is 5.09. The number of rotatable bonds is 6. The molecule has 0 heterocycles. The molecule has 0 fully saturated rings. The van der Waals surface area contributed by atoms with Crippen molar-refractivity contribution in [1.82, 2.24) is 4.90 Å². The van der Waals surface area contributed by atoms with Crippen LogP contribution in [-0.4, -0.2) is 46.8 Å². The van der Waals surface area contributed by atoms with Crippen molar-refractivity contribution in [3.05, 3.63) is 11.6 Å². The third-order valence-corrected chi connectivity index (χ3v) is 1.96. The molecule has 0 atom stereocenters. The maximum Gasteiger partial charge on any atom is 0.331 e. The van der Waals surface area contributed by atoms with E-state index >= 15 is 0 Å². The Morgan fingerprint density at radius 2 is 2.00 bits per heavy atom. The first-order valence-corrected chi connectivity index (χ1v) is 5.09. The van der Waals surface area contributed by atoms with Crippen molar-refractivity contribution in [3.8, 4) is 0 Å². The van der Waals surface area contributed by atoms with Crippen LogP contribution >= 0.6 is 0 Å². The Bertz CT molecular complexity index is 241. The van der Waals surface area contributed by atoms with Gasteiger partial charge < -0.3 is 10.2 Å². The van der Waals surface area contributed by atoms with Gasteiger partial charge in [-0.25, -0.2) is 4.79 Å². The Balaban J connectivity index is 4.18. The Kier molecular flexibility index (Phi) is 5.54. The SMILES string of the molecule is CCC(=CCN(C)CC(C)(C)O)C(=O)O. The topological polar surface area (TPSA) is 60.8 Å². The average Bonchev–Trinajstić information content (AvgIpc) is 2.01. The molecule has 0 amide bonds. The second kappa shape index (κ2) is 5.88. The maximum absolute atomic E-state index is 10.7. The second-order valence-corrected chi connectivity index (χ2v) is 4.40. The van der Waals surface area contributed by atoms with Gasteiger partial charge in [-0.1, -0.05) is 13.0 Å². The van der Waals surface area contributed by atoms with Crippen molar-refractivity contribution >= 4 is 5.97 Å². The molecule has 0 unspecified atom stereocenters. The normalized spacial score (nSPS) is 13.3. The van der Waals surface area contributed by atoms with Gasteiger partial charge in [0.1, 0.15) is 0 Å². The molecule has 0 aliphatic heterocycles. The Labute approximate surface area is 91.2 Å². The maximum atomic E-state index is 10.7. The van der Waals surface area contributed by atoms with Crippen LogP contribution in [0.5, 0.6) is 0 Å². The van der Waals surface area contributed by atoms with Gasteiger partial charge >= 0.3 is 5.97 Å². The lowest BCUT2D eigenvalue weighted by Gasteiger charge is -2.24. The van der Waals surface area contributed by atoms with E-state index in [0.717, 1.165) is 0 Å². The zero-order valence-electron chi connectivity index (χ0n) is 9.95. The molecule has 0 aromatic rings. The molecule has 0 saturated carbocycles. The van der Waals surface area contributed by atoms with Gasteiger partial charge in [0.25, 0.3) is 0 Å². The number of carboxylic acids is 1. The van der Waals surface area contributed by atoms with Crippen LogP contribution in [-0.2, 0) is 4.79 Å². The minimum atomic E-state index is -0.867. The van der Waals surface area contributed by atoms with Gasteiger partial charge in [0.2, 0.25) is 0 Å². The Hall–Kier alpha value is -0.870. The van der Waals surface area contributed by atoms with Crippen LogP contribution in [0, 0.1) is 0 Å². The van der Waals surface area contributed by atoms with Gasteiger partial charge in [-0.05, 0) is 27.3 Å². The zero-order valence-corrected chi connectivity index (χ0v) is 9.95. The van der Waals surface area contributed by atoms with Gasteiger partial charge in [-0.15, -0.1) is 0 Å². The third-order valence-electron chi connectivity index (χ3n) is 1.96. The zero-order chi connectivity index (χ0) is 12.1. The van der Waals surface area contributed by atoms with Crippen molar-refractivity contribution in [2.75, 3.05) is 20.1 Å². The molecule has 0 bridgehead atoms. The van der Waals surface area contributed by atoms with E-state index in [9.17, 15) is 9.90 Å². The Morgan fingerprint density at radius 3 is 2.33 bits per heavy atom. The number of carboxylic acid groups (broad SMARTS) is 1. The van der Waals surface area contributed by atoms with Crippen molar-refractivity contribution in [3.63, 3.8) is 0 Å². The van der Waals surface area contributed by atoms with E-state index in [1.54, 1.807) is 19.9 Å². The minimum absolute atomic E-state index is 0.414. The van der Waals surface area contributed by atoms with Gasteiger partial charge in [0.05, 0.1) is 5.60 Å². The van der Waals surface area contributed by atoms with Gasteiger partial charge in [0.15, 0.2) is 0 Å². The van der Waals surface area contributed by atoms with E-state index in [4.69, 9.17) is 5.11 Å². The highest BCUT2D eigenvalue weighted by atomic mass is 16.4. The second-order valence-electron chi connectivity index (χ2n) is 4.40. The molecule has 15 heavy (non-hydrogen) atoms. The molecule has 4 heteroatoms. The molecular formula is C11H21NO3. The summed E-state index contributed by atoms with van der Waals surface area (Å²) in [6.07, 6.45) is 2.21. The Morgan fingerprint density at radius 1 is 1.47 bits per heavy atom. The smallest absolute Gasteiger partial charge is 0.331 e. The van der Waals surface area contributed by atoms with E-state index in [0.29, 0.717) is 25.1 Å². The number of hydrogen-bond acceptors (Lipinski definition) is 3. The standard InChI is InChI=1S/C11H21NO3/c1-5-9(10(13)14)6-7-12(4)8-11(2,3)15/h6,15H,5,7-8H2,1-4H3,(H,13,14). The lowest BCUT2D eigenvalue weighted by atomic mass is 10.1. The number of hydrogen-bond donors (Lipinski definition) is 2. The molecule has 0 aliphatic rings. The van der Waals surface area contributed by atoms with Crippen LogP contribution < -0.4 is 0 Å². The number of nitrogens with zero attached hydrogens (tertiary/aromatic N) is 1. The highest BCUT2D eigenvalue weighted by Gasteiger charge is 2.15. The van der Waals surface area contributed by atoms with E-state index < -0.39 is 11.6 Å². The minimum Gasteiger partial charge on any atom is -0.478 e. The summed E-state index contributed by atoms with van der Waals surface area (Å²) in [7, 11) is 1.85. The van der Waals surface area contributed by atoms with Gasteiger partial charge in [-0.2, -0.15) is 0 Å². The number of aliphatic carboxylic acids is 1. The van der Waals surface area contributed by atoms with Crippen molar-refractivity contribution < 1.29 is 15.0 Å². The van der Waals surface area contributed by atoms with Crippen molar-refractivity contribution in [2.45, 2.75) is 32.8 Å². The van der Waals surface area contributed by atoms with Gasteiger partial charge in [0, 0.05) is 18.7 Å². The predicted molar refractivity (Wildman–Crippen MR) is 59.8 cm³/mol. The molecule has 0 aliphatic carbocycles. The molecule has 0 radical (unpaired) electrons. The molecular weight excluding hydrogens is 194 g/mol. The van der Waals surface area contributed by atoms with E-state index in [1.165, 1.54) is 0 Å². The lowest BCUT2D eigenvalue weighted by Crippen LogP contribution is -2.36. The van der Waals surface area contributed by atoms with Crippen LogP contribution in [0.2, 0.25) is 0 Å². The fraction of sp³-hybridized carbons (Fsp3) is 0.727. The fourth-order valence-electron chi connectivity index (χ4n) is 1.37. The summed E-state index contributed by atoms with van der Waals surface area (Å²) < 4.78 is 0. The summed E-state index contributed by atoms with van der Waals surface area (Å²) in [6, 6.07) is 0. The summed E-state index contributed by atoms with van der Waals surface area (Å²) in [5, 5.41) is 18.3. The van der Waals surface area contributed by atoms with Crippen LogP contribution in [0.4, 0.5) is 0 Å². The number of likely N-dealkylation sites (N-methyl/N-ethyl adjacent to an activating group) is 1. The summed E-state index contributed by atoms with van der Waals surface area (Å²) in [4.78, 5) is 12.6. The van der Waals surface area contributed by atoms with Gasteiger partial charge in [-0.3, -0.25) is 4.90 Å². The number of carbonyl (C=O) groups is 1. The molecule has 0 aromatic heterocycles. The highest BCUT2D eigenvalue weighted by Crippen LogP contribution is 2.05. The third kappa shape index (κ3) is 7.11. The fourth-order valence-corrected chi connectivity index (χ4v) is 1.37. The molecule has 4 nitrogen and oxygen atoms in total. The summed E-state index contributed by atoms with van der Waals surface area (Å²) in [6.45, 7) is 6.33. The van der Waals surface area contributed by atoms with E-state index in [-0.39, 0.29) is 0 Å². The van der Waals surface area contributed by atoms with Crippen molar-refractivity contribution in [1.29, 1.82) is 0 Å². The van der Waals surface area contributed by atoms with Crippen LogP contribution in [0.1, 0.15) is 27.2 Å². The predicted octanol–water partition coefficient (Wildman–Crippen LogP) is 1.11. The van der Waals surface area contributed by atoms with Crippen LogP contribution in [0.3, 0.4) is 0 Å². The first kappa shape index (κ1) is 14.1. The summed E-state index contributed by atoms with van der Waals surface area (Å²) in [5.41, 5.74) is -0.337. The quantitative estimate of drug-likeness (QED) is 0.652. The molecule has 0 spiro atoms.